The largest absolute Gasteiger partial charge is 0.394 e. The van der Waals surface area contributed by atoms with E-state index in [0.29, 0.717) is 55.3 Å². The summed E-state index contributed by atoms with van der Waals surface area (Å²) in [5.74, 6) is 3.38. The molecule has 0 unspecified atom stereocenters. The van der Waals surface area contributed by atoms with E-state index in [1.54, 1.807) is 0 Å². The van der Waals surface area contributed by atoms with Crippen LogP contribution in [0.1, 0.15) is 85.5 Å². The van der Waals surface area contributed by atoms with Gasteiger partial charge in [0, 0.05) is 5.41 Å². The number of aliphatic hydroxyl groups is 3. The van der Waals surface area contributed by atoms with Gasteiger partial charge >= 0.3 is 0 Å². The van der Waals surface area contributed by atoms with Crippen LogP contribution in [-0.2, 0) is 14.2 Å². The summed E-state index contributed by atoms with van der Waals surface area (Å²) < 4.78 is 19.1. The molecule has 0 bridgehead atoms. The second-order valence-corrected chi connectivity index (χ2v) is 13.0. The molecular formula is C30H54O6. The average Bonchev–Trinajstić information content (AvgIpc) is 3.23. The Labute approximate surface area is 219 Å². The van der Waals surface area contributed by atoms with Crippen LogP contribution < -0.4 is 0 Å². The first kappa shape index (κ1) is 28.8. The van der Waals surface area contributed by atoms with Crippen LogP contribution in [-0.4, -0.2) is 73.3 Å². The summed E-state index contributed by atoms with van der Waals surface area (Å²) >= 11 is 0. The van der Waals surface area contributed by atoms with E-state index in [1.165, 1.54) is 25.7 Å². The average molecular weight is 511 g/mol. The fourth-order valence-corrected chi connectivity index (χ4v) is 9.91. The zero-order valence-electron chi connectivity index (χ0n) is 23.4. The Hall–Kier alpha value is -0.240. The summed E-state index contributed by atoms with van der Waals surface area (Å²) in [7, 11) is 0. The third kappa shape index (κ3) is 5.16. The number of ether oxygens (including phenoxy) is 3. The highest BCUT2D eigenvalue weighted by Crippen LogP contribution is 2.69. The molecule has 0 aromatic heterocycles. The Bertz CT molecular complexity index is 688. The van der Waals surface area contributed by atoms with Crippen LogP contribution >= 0.6 is 0 Å². The lowest BCUT2D eigenvalue weighted by Gasteiger charge is -2.64. The van der Waals surface area contributed by atoms with Gasteiger partial charge in [0.15, 0.2) is 0 Å². The summed E-state index contributed by atoms with van der Waals surface area (Å²) in [6.45, 7) is 11.2. The fourth-order valence-electron chi connectivity index (χ4n) is 9.91. The lowest BCUT2D eigenvalue weighted by Crippen LogP contribution is -2.63. The summed E-state index contributed by atoms with van der Waals surface area (Å²) in [5, 5.41) is 28.6. The molecule has 4 aliphatic rings. The van der Waals surface area contributed by atoms with E-state index in [2.05, 4.69) is 27.7 Å². The molecule has 0 heterocycles. The highest BCUT2D eigenvalue weighted by Gasteiger charge is 2.66. The van der Waals surface area contributed by atoms with Gasteiger partial charge in [-0.2, -0.15) is 0 Å². The first-order chi connectivity index (χ1) is 17.3. The van der Waals surface area contributed by atoms with Crippen molar-refractivity contribution in [2.45, 2.75) is 104 Å². The van der Waals surface area contributed by atoms with Crippen molar-refractivity contribution in [2.24, 2.45) is 46.3 Å². The van der Waals surface area contributed by atoms with Crippen molar-refractivity contribution >= 4 is 0 Å². The van der Waals surface area contributed by atoms with Gasteiger partial charge in [-0.3, -0.25) is 0 Å². The molecule has 4 rings (SSSR count). The Morgan fingerprint density at radius 3 is 2.22 bits per heavy atom. The predicted molar refractivity (Wildman–Crippen MR) is 141 cm³/mol. The molecule has 0 aromatic carbocycles. The molecule has 11 atom stereocenters. The molecule has 4 aliphatic carbocycles. The first-order valence-corrected chi connectivity index (χ1v) is 15.0. The number of aliphatic hydroxyl groups excluding tert-OH is 3. The van der Waals surface area contributed by atoms with Gasteiger partial charge in [0.2, 0.25) is 0 Å². The third-order valence-electron chi connectivity index (χ3n) is 11.5. The maximum absolute atomic E-state index is 9.69. The maximum atomic E-state index is 9.69. The van der Waals surface area contributed by atoms with Gasteiger partial charge in [0.05, 0.1) is 58.0 Å². The molecule has 0 spiro atoms. The SMILES string of the molecule is CCC[C@@H](C)[C@H]1CC[C@H]2[C@@H]3[C@H](OCCO)C[C@@H]4C[C@H](OCCO)CC[C@]4(C)[C@H]3C[C@H](OCCO)[C@]12C. The summed E-state index contributed by atoms with van der Waals surface area (Å²) in [6, 6.07) is 0. The zero-order valence-corrected chi connectivity index (χ0v) is 23.4. The van der Waals surface area contributed by atoms with Gasteiger partial charge in [-0.1, -0.05) is 40.5 Å². The van der Waals surface area contributed by atoms with Gasteiger partial charge in [0.1, 0.15) is 0 Å². The van der Waals surface area contributed by atoms with Crippen molar-refractivity contribution in [3.05, 3.63) is 0 Å². The molecule has 4 saturated carbocycles. The minimum Gasteiger partial charge on any atom is -0.394 e. The minimum absolute atomic E-state index is 0.0678. The van der Waals surface area contributed by atoms with E-state index in [-0.39, 0.29) is 49.0 Å². The fraction of sp³-hybridized carbons (Fsp3) is 1.00. The molecule has 210 valence electrons. The van der Waals surface area contributed by atoms with Gasteiger partial charge in [-0.15, -0.1) is 0 Å². The Kier molecular flexibility index (Phi) is 9.82. The highest BCUT2D eigenvalue weighted by atomic mass is 16.5. The minimum atomic E-state index is 0.0678. The molecule has 0 radical (unpaired) electrons. The molecule has 0 aliphatic heterocycles. The Morgan fingerprint density at radius 1 is 0.833 bits per heavy atom. The molecule has 4 fully saturated rings. The van der Waals surface area contributed by atoms with Crippen molar-refractivity contribution in [1.82, 2.24) is 0 Å². The monoisotopic (exact) mass is 510 g/mol. The van der Waals surface area contributed by atoms with Crippen LogP contribution in [0.3, 0.4) is 0 Å². The maximum Gasteiger partial charge on any atom is 0.0701 e. The molecule has 0 amide bonds. The highest BCUT2D eigenvalue weighted by molar-refractivity contribution is 5.15. The molecule has 0 aromatic rings. The number of fused-ring (bicyclic) bond motifs is 5. The number of hydrogen-bond donors (Lipinski definition) is 3. The summed E-state index contributed by atoms with van der Waals surface area (Å²) in [5.41, 5.74) is 0.314. The van der Waals surface area contributed by atoms with Crippen molar-refractivity contribution in [2.75, 3.05) is 39.6 Å². The number of hydrogen-bond acceptors (Lipinski definition) is 6. The molecule has 6 nitrogen and oxygen atoms in total. The quantitative estimate of drug-likeness (QED) is 0.360. The third-order valence-corrected chi connectivity index (χ3v) is 11.5. The van der Waals surface area contributed by atoms with E-state index in [0.717, 1.165) is 32.1 Å². The lowest BCUT2D eigenvalue weighted by atomic mass is 9.43. The second-order valence-electron chi connectivity index (χ2n) is 13.0. The molecular weight excluding hydrogens is 456 g/mol. The van der Waals surface area contributed by atoms with Crippen molar-refractivity contribution in [3.8, 4) is 0 Å². The van der Waals surface area contributed by atoms with Crippen LogP contribution in [0.5, 0.6) is 0 Å². The van der Waals surface area contributed by atoms with Crippen molar-refractivity contribution in [3.63, 3.8) is 0 Å². The van der Waals surface area contributed by atoms with Crippen LogP contribution in [0, 0.1) is 46.3 Å². The van der Waals surface area contributed by atoms with Gasteiger partial charge in [-0.05, 0) is 85.9 Å². The predicted octanol–water partition coefficient (Wildman–Crippen LogP) is 4.43. The van der Waals surface area contributed by atoms with Crippen molar-refractivity contribution in [1.29, 1.82) is 0 Å². The van der Waals surface area contributed by atoms with E-state index in [9.17, 15) is 15.3 Å². The van der Waals surface area contributed by atoms with Gasteiger partial charge < -0.3 is 29.5 Å². The van der Waals surface area contributed by atoms with Crippen LogP contribution in [0.4, 0.5) is 0 Å². The smallest absolute Gasteiger partial charge is 0.0701 e. The van der Waals surface area contributed by atoms with Crippen LogP contribution in [0.15, 0.2) is 0 Å². The van der Waals surface area contributed by atoms with Crippen LogP contribution in [0.25, 0.3) is 0 Å². The van der Waals surface area contributed by atoms with E-state index in [1.807, 2.05) is 0 Å². The van der Waals surface area contributed by atoms with Crippen LogP contribution in [0.2, 0.25) is 0 Å². The Morgan fingerprint density at radius 2 is 1.53 bits per heavy atom. The van der Waals surface area contributed by atoms with E-state index >= 15 is 0 Å². The van der Waals surface area contributed by atoms with Crippen molar-refractivity contribution < 1.29 is 29.5 Å². The lowest BCUT2D eigenvalue weighted by molar-refractivity contribution is -0.229. The first-order valence-electron chi connectivity index (χ1n) is 15.0. The Balaban J connectivity index is 1.67. The molecule has 0 saturated heterocycles. The topological polar surface area (TPSA) is 88.4 Å². The van der Waals surface area contributed by atoms with Gasteiger partial charge in [-0.25, -0.2) is 0 Å². The normalized spacial score (nSPS) is 45.1. The summed E-state index contributed by atoms with van der Waals surface area (Å²) in [6.07, 6.45) is 10.8. The second kappa shape index (κ2) is 12.3. The van der Waals surface area contributed by atoms with E-state index < -0.39 is 0 Å². The van der Waals surface area contributed by atoms with Gasteiger partial charge in [0.25, 0.3) is 0 Å². The van der Waals surface area contributed by atoms with E-state index in [4.69, 9.17) is 14.2 Å². The summed E-state index contributed by atoms with van der Waals surface area (Å²) in [4.78, 5) is 0. The molecule has 3 N–H and O–H groups in total. The standard InChI is InChI=1S/C30H54O6/c1-5-6-20(2)23-7-8-24-28-25(19-27(30(23,24)4)36-16-13-33)29(3)10-9-22(34-14-11-31)17-21(29)18-26(28)35-15-12-32/h20-28,31-33H,5-19H2,1-4H3/t20-,21+,22-,23-,24+,25+,26-,27+,28+,29+,30-/m1/s1. The number of rotatable bonds is 12. The molecule has 36 heavy (non-hydrogen) atoms. The molecule has 6 heteroatoms. The zero-order chi connectivity index (χ0) is 25.9.